The van der Waals surface area contributed by atoms with Crippen LogP contribution in [-0.2, 0) is 6.54 Å². The Kier molecular flexibility index (Phi) is 4.72. The van der Waals surface area contributed by atoms with Crippen LogP contribution in [0.4, 0.5) is 0 Å². The third kappa shape index (κ3) is 3.78. The van der Waals surface area contributed by atoms with E-state index in [-0.39, 0.29) is 0 Å². The lowest BCUT2D eigenvalue weighted by atomic mass is 10.0. The number of piperidine rings is 1. The quantitative estimate of drug-likeness (QED) is 0.865. The number of nitrogens with zero attached hydrogens (tertiary/aromatic N) is 3. The average Bonchev–Trinajstić information content (AvgIpc) is 2.73. The highest BCUT2D eigenvalue weighted by Crippen LogP contribution is 2.18. The van der Waals surface area contributed by atoms with E-state index >= 15 is 0 Å². The lowest BCUT2D eigenvalue weighted by Crippen LogP contribution is -2.46. The summed E-state index contributed by atoms with van der Waals surface area (Å²) in [6, 6.07) is 1.13. The van der Waals surface area contributed by atoms with Crippen molar-refractivity contribution in [3.05, 3.63) is 11.8 Å². The van der Waals surface area contributed by atoms with Gasteiger partial charge in [-0.15, -0.1) is 10.2 Å². The maximum absolute atomic E-state index is 5.48. The normalized spacial score (nSPS) is 21.7. The molecular formula is C13H24N4O. The van der Waals surface area contributed by atoms with Crippen LogP contribution in [0, 0.1) is 6.92 Å². The molecule has 0 saturated carbocycles. The molecule has 1 saturated heterocycles. The number of hydrogen-bond donors (Lipinski definition) is 1. The fourth-order valence-corrected chi connectivity index (χ4v) is 2.45. The summed E-state index contributed by atoms with van der Waals surface area (Å²) < 4.78 is 5.48. The molecule has 1 unspecified atom stereocenters. The Bertz CT molecular complexity index is 364. The number of likely N-dealkylation sites (tertiary alicyclic amines) is 1. The third-order valence-electron chi connectivity index (χ3n) is 3.42. The number of aromatic nitrogens is 2. The summed E-state index contributed by atoms with van der Waals surface area (Å²) in [5, 5.41) is 11.5. The van der Waals surface area contributed by atoms with E-state index in [1.165, 1.54) is 19.3 Å². The Morgan fingerprint density at radius 2 is 2.22 bits per heavy atom. The molecule has 2 rings (SSSR count). The first kappa shape index (κ1) is 13.5. The van der Waals surface area contributed by atoms with Crippen molar-refractivity contribution in [2.24, 2.45) is 0 Å². The lowest BCUT2D eigenvalue weighted by molar-refractivity contribution is 0.123. The van der Waals surface area contributed by atoms with Gasteiger partial charge in [0, 0.05) is 25.6 Å². The fourth-order valence-electron chi connectivity index (χ4n) is 2.45. The van der Waals surface area contributed by atoms with Gasteiger partial charge in [0.15, 0.2) is 0 Å². The second-order valence-electron chi connectivity index (χ2n) is 5.40. The van der Waals surface area contributed by atoms with Gasteiger partial charge in [0.2, 0.25) is 11.8 Å². The molecular weight excluding hydrogens is 228 g/mol. The molecule has 1 fully saturated rings. The molecule has 1 aliphatic heterocycles. The number of rotatable bonds is 5. The highest BCUT2D eigenvalue weighted by Gasteiger charge is 2.23. The minimum Gasteiger partial charge on any atom is -0.424 e. The topological polar surface area (TPSA) is 54.2 Å². The Morgan fingerprint density at radius 1 is 1.39 bits per heavy atom. The minimum atomic E-state index is 0.541. The van der Waals surface area contributed by atoms with Crippen molar-refractivity contribution in [2.75, 3.05) is 13.1 Å². The van der Waals surface area contributed by atoms with E-state index in [4.69, 9.17) is 4.42 Å². The van der Waals surface area contributed by atoms with Gasteiger partial charge in [-0.05, 0) is 19.4 Å². The van der Waals surface area contributed by atoms with Crippen molar-refractivity contribution >= 4 is 0 Å². The summed E-state index contributed by atoms with van der Waals surface area (Å²) >= 11 is 0. The molecule has 0 amide bonds. The largest absolute Gasteiger partial charge is 0.424 e. The van der Waals surface area contributed by atoms with Gasteiger partial charge in [-0.3, -0.25) is 4.90 Å². The van der Waals surface area contributed by atoms with Crippen LogP contribution < -0.4 is 5.32 Å². The van der Waals surface area contributed by atoms with Crippen LogP contribution in [0.2, 0.25) is 0 Å². The highest BCUT2D eigenvalue weighted by atomic mass is 16.4. The maximum Gasteiger partial charge on any atom is 0.230 e. The van der Waals surface area contributed by atoms with Crippen molar-refractivity contribution in [3.8, 4) is 0 Å². The second-order valence-corrected chi connectivity index (χ2v) is 5.40. The molecule has 5 heteroatoms. The van der Waals surface area contributed by atoms with Crippen molar-refractivity contribution in [3.63, 3.8) is 0 Å². The first-order chi connectivity index (χ1) is 8.65. The summed E-state index contributed by atoms with van der Waals surface area (Å²) in [5.74, 6) is 1.39. The van der Waals surface area contributed by atoms with Gasteiger partial charge in [0.05, 0.1) is 6.54 Å². The van der Waals surface area contributed by atoms with Crippen LogP contribution in [0.1, 0.15) is 44.9 Å². The van der Waals surface area contributed by atoms with Gasteiger partial charge in [0.1, 0.15) is 0 Å². The number of aryl methyl sites for hydroxylation is 1. The number of nitrogens with one attached hydrogen (secondary N) is 1. The summed E-state index contributed by atoms with van der Waals surface area (Å²) in [4.78, 5) is 2.46. The molecule has 18 heavy (non-hydrogen) atoms. The van der Waals surface area contributed by atoms with Crippen molar-refractivity contribution in [1.82, 2.24) is 20.4 Å². The molecule has 0 radical (unpaired) electrons. The van der Waals surface area contributed by atoms with E-state index in [0.29, 0.717) is 18.0 Å². The van der Waals surface area contributed by atoms with Crippen molar-refractivity contribution < 1.29 is 4.42 Å². The SMILES string of the molecule is Cc1nnc(CN2CCCCC2CNC(C)C)o1. The van der Waals surface area contributed by atoms with E-state index in [9.17, 15) is 0 Å². The van der Waals surface area contributed by atoms with Crippen LogP contribution in [-0.4, -0.2) is 40.3 Å². The molecule has 1 aromatic heterocycles. The zero-order chi connectivity index (χ0) is 13.0. The molecule has 0 aromatic carbocycles. The minimum absolute atomic E-state index is 0.541. The predicted molar refractivity (Wildman–Crippen MR) is 70.2 cm³/mol. The van der Waals surface area contributed by atoms with Gasteiger partial charge >= 0.3 is 0 Å². The van der Waals surface area contributed by atoms with E-state index in [1.54, 1.807) is 0 Å². The summed E-state index contributed by atoms with van der Waals surface area (Å²) in [6.07, 6.45) is 3.85. The van der Waals surface area contributed by atoms with Gasteiger partial charge in [-0.25, -0.2) is 0 Å². The molecule has 2 heterocycles. The van der Waals surface area contributed by atoms with Crippen LogP contribution in [0.15, 0.2) is 4.42 Å². The Hall–Kier alpha value is -0.940. The van der Waals surface area contributed by atoms with Crippen molar-refractivity contribution in [1.29, 1.82) is 0 Å². The number of hydrogen-bond acceptors (Lipinski definition) is 5. The molecule has 1 N–H and O–H groups in total. The van der Waals surface area contributed by atoms with E-state index < -0.39 is 0 Å². The van der Waals surface area contributed by atoms with Gasteiger partial charge in [-0.2, -0.15) is 0 Å². The first-order valence-corrected chi connectivity index (χ1v) is 6.91. The van der Waals surface area contributed by atoms with Crippen LogP contribution in [0.5, 0.6) is 0 Å². The Balaban J connectivity index is 1.90. The van der Waals surface area contributed by atoms with Gasteiger partial charge in [-0.1, -0.05) is 20.3 Å². The Morgan fingerprint density at radius 3 is 2.89 bits per heavy atom. The maximum atomic E-state index is 5.48. The molecule has 5 nitrogen and oxygen atoms in total. The van der Waals surface area contributed by atoms with Crippen LogP contribution in [0.25, 0.3) is 0 Å². The zero-order valence-corrected chi connectivity index (χ0v) is 11.6. The predicted octanol–water partition coefficient (Wildman–Crippen LogP) is 1.73. The van der Waals surface area contributed by atoms with Crippen LogP contribution in [0.3, 0.4) is 0 Å². The first-order valence-electron chi connectivity index (χ1n) is 6.91. The molecule has 1 aliphatic rings. The standard InChI is InChI=1S/C13H24N4O/c1-10(2)14-8-12-6-4-5-7-17(12)9-13-16-15-11(3)18-13/h10,12,14H,4-9H2,1-3H3. The Labute approximate surface area is 109 Å². The molecule has 0 spiro atoms. The molecule has 0 bridgehead atoms. The molecule has 1 atom stereocenters. The second kappa shape index (κ2) is 6.29. The van der Waals surface area contributed by atoms with E-state index in [1.807, 2.05) is 6.92 Å². The monoisotopic (exact) mass is 252 g/mol. The van der Waals surface area contributed by atoms with Gasteiger partial charge in [0.25, 0.3) is 0 Å². The van der Waals surface area contributed by atoms with E-state index in [2.05, 4.69) is 34.3 Å². The third-order valence-corrected chi connectivity index (χ3v) is 3.42. The van der Waals surface area contributed by atoms with Crippen molar-refractivity contribution in [2.45, 2.75) is 58.7 Å². The molecule has 1 aromatic rings. The zero-order valence-electron chi connectivity index (χ0n) is 11.6. The average molecular weight is 252 g/mol. The fraction of sp³-hybridized carbons (Fsp3) is 0.846. The summed E-state index contributed by atoms with van der Waals surface area (Å²) in [5.41, 5.74) is 0. The van der Waals surface area contributed by atoms with E-state index in [0.717, 1.165) is 25.5 Å². The molecule has 0 aliphatic carbocycles. The lowest BCUT2D eigenvalue weighted by Gasteiger charge is -2.35. The highest BCUT2D eigenvalue weighted by molar-refractivity contribution is 4.85. The summed E-state index contributed by atoms with van der Waals surface area (Å²) in [7, 11) is 0. The summed E-state index contributed by atoms with van der Waals surface area (Å²) in [6.45, 7) is 9.18. The smallest absolute Gasteiger partial charge is 0.230 e. The molecule has 102 valence electrons. The van der Waals surface area contributed by atoms with Crippen LogP contribution >= 0.6 is 0 Å². The van der Waals surface area contributed by atoms with Gasteiger partial charge < -0.3 is 9.73 Å².